The van der Waals surface area contributed by atoms with E-state index >= 15 is 0 Å². The third-order valence-corrected chi connectivity index (χ3v) is 4.22. The van der Waals surface area contributed by atoms with Crippen molar-refractivity contribution in [2.75, 3.05) is 0 Å². The van der Waals surface area contributed by atoms with E-state index in [1.54, 1.807) is 12.1 Å². The quantitative estimate of drug-likeness (QED) is 0.656. The first kappa shape index (κ1) is 16.6. The van der Waals surface area contributed by atoms with E-state index in [9.17, 15) is 4.79 Å². The molecule has 2 nitrogen and oxygen atoms in total. The lowest BCUT2D eigenvalue weighted by Gasteiger charge is -2.20. The fourth-order valence-electron chi connectivity index (χ4n) is 2.47. The van der Waals surface area contributed by atoms with Gasteiger partial charge in [0.25, 0.3) is 5.91 Å². The molecule has 3 rings (SSSR count). The molecule has 0 saturated carbocycles. The van der Waals surface area contributed by atoms with E-state index in [2.05, 4.69) is 5.32 Å². The first-order valence-corrected chi connectivity index (χ1v) is 8.26. The van der Waals surface area contributed by atoms with Gasteiger partial charge in [0.05, 0.1) is 6.04 Å². The second-order valence-electron chi connectivity index (χ2n) is 5.38. The van der Waals surface area contributed by atoms with Crippen LogP contribution in [0.2, 0.25) is 10.0 Å². The Hall–Kier alpha value is -2.29. The number of hydrogen-bond acceptors (Lipinski definition) is 1. The van der Waals surface area contributed by atoms with Crippen molar-refractivity contribution in [1.29, 1.82) is 0 Å². The molecule has 120 valence electrons. The first-order valence-electron chi connectivity index (χ1n) is 7.50. The number of carbonyl (C=O) groups is 1. The minimum atomic E-state index is -0.285. The monoisotopic (exact) mass is 355 g/mol. The molecular weight excluding hydrogens is 341 g/mol. The lowest BCUT2D eigenvalue weighted by Crippen LogP contribution is -2.29. The molecule has 3 aromatic rings. The van der Waals surface area contributed by atoms with Gasteiger partial charge in [-0.25, -0.2) is 0 Å². The van der Waals surface area contributed by atoms with Gasteiger partial charge in [0.1, 0.15) is 0 Å². The van der Waals surface area contributed by atoms with Gasteiger partial charge in [-0.05, 0) is 47.5 Å². The zero-order chi connectivity index (χ0) is 16.9. The highest BCUT2D eigenvalue weighted by Gasteiger charge is 2.17. The van der Waals surface area contributed by atoms with Crippen molar-refractivity contribution >= 4 is 29.1 Å². The van der Waals surface area contributed by atoms with E-state index in [0.29, 0.717) is 15.6 Å². The van der Waals surface area contributed by atoms with E-state index < -0.39 is 0 Å². The van der Waals surface area contributed by atoms with Crippen molar-refractivity contribution < 1.29 is 4.79 Å². The van der Waals surface area contributed by atoms with Crippen LogP contribution in [0.5, 0.6) is 0 Å². The summed E-state index contributed by atoms with van der Waals surface area (Å²) in [6.07, 6.45) is 0. The molecule has 0 fully saturated rings. The molecule has 0 aliphatic carbocycles. The smallest absolute Gasteiger partial charge is 0.252 e. The molecule has 0 saturated heterocycles. The number of carbonyl (C=O) groups excluding carboxylic acids is 1. The largest absolute Gasteiger partial charge is 0.341 e. The number of halogens is 2. The van der Waals surface area contributed by atoms with E-state index in [4.69, 9.17) is 23.2 Å². The van der Waals surface area contributed by atoms with Gasteiger partial charge in [0.15, 0.2) is 0 Å². The molecule has 0 atom stereocenters. The van der Waals surface area contributed by atoms with Crippen molar-refractivity contribution in [3.63, 3.8) is 0 Å². The van der Waals surface area contributed by atoms with Crippen molar-refractivity contribution in [2.45, 2.75) is 6.04 Å². The van der Waals surface area contributed by atoms with Crippen LogP contribution in [0.1, 0.15) is 27.5 Å². The van der Waals surface area contributed by atoms with Gasteiger partial charge in [-0.3, -0.25) is 4.79 Å². The Labute approximate surface area is 151 Å². The predicted octanol–water partition coefficient (Wildman–Crippen LogP) is 5.51. The van der Waals surface area contributed by atoms with Crippen molar-refractivity contribution in [2.24, 2.45) is 0 Å². The average molecular weight is 356 g/mol. The molecule has 24 heavy (non-hydrogen) atoms. The van der Waals surface area contributed by atoms with E-state index in [-0.39, 0.29) is 11.9 Å². The summed E-state index contributed by atoms with van der Waals surface area (Å²) in [5, 5.41) is 4.39. The lowest BCUT2D eigenvalue weighted by atomic mass is 9.98. The summed E-state index contributed by atoms with van der Waals surface area (Å²) >= 11 is 12.0. The van der Waals surface area contributed by atoms with Crippen LogP contribution in [-0.4, -0.2) is 5.91 Å². The second kappa shape index (κ2) is 7.52. The number of benzene rings is 3. The summed E-state index contributed by atoms with van der Waals surface area (Å²) in [4.78, 5) is 12.6. The molecule has 0 aromatic heterocycles. The summed E-state index contributed by atoms with van der Waals surface area (Å²) in [6, 6.07) is 23.8. The molecule has 0 bridgehead atoms. The minimum Gasteiger partial charge on any atom is -0.341 e. The summed E-state index contributed by atoms with van der Waals surface area (Å²) in [7, 11) is 0. The molecule has 0 unspecified atom stereocenters. The summed E-state index contributed by atoms with van der Waals surface area (Å²) in [5.74, 6) is -0.134. The van der Waals surface area contributed by atoms with Crippen LogP contribution < -0.4 is 5.32 Å². The third-order valence-electron chi connectivity index (χ3n) is 3.72. The van der Waals surface area contributed by atoms with E-state index in [1.807, 2.05) is 66.7 Å². The van der Waals surface area contributed by atoms with E-state index in [1.165, 1.54) is 0 Å². The number of nitrogens with one attached hydrogen (secondary N) is 1. The molecule has 1 N–H and O–H groups in total. The Morgan fingerprint density at radius 3 is 1.62 bits per heavy atom. The Kier molecular flexibility index (Phi) is 5.19. The molecule has 0 spiro atoms. The van der Waals surface area contributed by atoms with Gasteiger partial charge in [0, 0.05) is 15.6 Å². The van der Waals surface area contributed by atoms with Crippen molar-refractivity contribution in [1.82, 2.24) is 5.32 Å². The Morgan fingerprint density at radius 2 is 1.17 bits per heavy atom. The lowest BCUT2D eigenvalue weighted by molar-refractivity contribution is 0.0943. The standard InChI is InChI=1S/C20H15Cl2NO/c21-17-10-6-14(7-11-17)19(15-8-12-18(22)13-9-15)23-20(24)16-4-2-1-3-5-16/h1-13,19H,(H,23,24). The highest BCUT2D eigenvalue weighted by Crippen LogP contribution is 2.25. The van der Waals surface area contributed by atoms with Gasteiger partial charge in [-0.1, -0.05) is 65.7 Å². The van der Waals surface area contributed by atoms with Crippen LogP contribution >= 0.6 is 23.2 Å². The SMILES string of the molecule is O=C(NC(c1ccc(Cl)cc1)c1ccc(Cl)cc1)c1ccccc1. The van der Waals surface area contributed by atoms with Gasteiger partial charge in [0.2, 0.25) is 0 Å². The fraction of sp³-hybridized carbons (Fsp3) is 0.0500. The van der Waals surface area contributed by atoms with Gasteiger partial charge in [-0.2, -0.15) is 0 Å². The van der Waals surface area contributed by atoms with Crippen LogP contribution in [0.3, 0.4) is 0 Å². The molecule has 4 heteroatoms. The normalized spacial score (nSPS) is 10.6. The Morgan fingerprint density at radius 1 is 0.708 bits per heavy atom. The van der Waals surface area contributed by atoms with Crippen LogP contribution in [0.15, 0.2) is 78.9 Å². The van der Waals surface area contributed by atoms with Crippen LogP contribution in [0, 0.1) is 0 Å². The number of amides is 1. The zero-order valence-electron chi connectivity index (χ0n) is 12.7. The first-order chi connectivity index (χ1) is 11.6. The summed E-state index contributed by atoms with van der Waals surface area (Å²) in [5.41, 5.74) is 2.52. The number of hydrogen-bond donors (Lipinski definition) is 1. The molecular formula is C20H15Cl2NO. The Bertz CT molecular complexity index is 769. The van der Waals surface area contributed by atoms with Gasteiger partial charge < -0.3 is 5.32 Å². The van der Waals surface area contributed by atoms with Crippen molar-refractivity contribution in [3.8, 4) is 0 Å². The molecule has 0 heterocycles. The maximum atomic E-state index is 12.6. The average Bonchev–Trinajstić information content (AvgIpc) is 2.62. The van der Waals surface area contributed by atoms with Gasteiger partial charge in [-0.15, -0.1) is 0 Å². The molecule has 3 aromatic carbocycles. The predicted molar refractivity (Wildman–Crippen MR) is 98.7 cm³/mol. The highest BCUT2D eigenvalue weighted by atomic mass is 35.5. The molecule has 0 aliphatic heterocycles. The Balaban J connectivity index is 1.94. The zero-order valence-corrected chi connectivity index (χ0v) is 14.3. The maximum Gasteiger partial charge on any atom is 0.252 e. The third kappa shape index (κ3) is 3.97. The fourth-order valence-corrected chi connectivity index (χ4v) is 2.73. The number of rotatable bonds is 4. The minimum absolute atomic E-state index is 0.134. The highest BCUT2D eigenvalue weighted by molar-refractivity contribution is 6.30. The molecule has 1 amide bonds. The summed E-state index contributed by atoms with van der Waals surface area (Å²) < 4.78 is 0. The van der Waals surface area contributed by atoms with Gasteiger partial charge >= 0.3 is 0 Å². The van der Waals surface area contributed by atoms with E-state index in [0.717, 1.165) is 11.1 Å². The topological polar surface area (TPSA) is 29.1 Å². The second-order valence-corrected chi connectivity index (χ2v) is 6.25. The molecule has 0 radical (unpaired) electrons. The van der Waals surface area contributed by atoms with Crippen LogP contribution in [-0.2, 0) is 0 Å². The van der Waals surface area contributed by atoms with Crippen LogP contribution in [0.25, 0.3) is 0 Å². The molecule has 0 aliphatic rings. The maximum absolute atomic E-state index is 12.6. The van der Waals surface area contributed by atoms with Crippen LogP contribution in [0.4, 0.5) is 0 Å². The summed E-state index contributed by atoms with van der Waals surface area (Å²) in [6.45, 7) is 0. The van der Waals surface area contributed by atoms with Crippen molar-refractivity contribution in [3.05, 3.63) is 106 Å².